The molecule has 0 spiro atoms. The lowest BCUT2D eigenvalue weighted by atomic mass is 9.33. The zero-order chi connectivity index (χ0) is 33.8. The van der Waals surface area contributed by atoms with Gasteiger partial charge in [0, 0.05) is 5.41 Å². The molecule has 10 nitrogen and oxygen atoms in total. The molecule has 5 fully saturated rings. The summed E-state index contributed by atoms with van der Waals surface area (Å²) < 4.78 is 11.8. The van der Waals surface area contributed by atoms with E-state index in [2.05, 4.69) is 33.8 Å². The molecule has 6 N–H and O–H groups in total. The van der Waals surface area contributed by atoms with Gasteiger partial charge in [0.25, 0.3) is 0 Å². The first-order chi connectivity index (χ1) is 21.3. The first-order valence-corrected chi connectivity index (χ1v) is 17.4. The Morgan fingerprint density at radius 1 is 0.870 bits per heavy atom. The lowest BCUT2D eigenvalue weighted by molar-refractivity contribution is -0.327. The van der Waals surface area contributed by atoms with E-state index in [1.807, 2.05) is 13.8 Å². The van der Waals surface area contributed by atoms with E-state index in [9.17, 15) is 40.2 Å². The molecule has 0 aromatic heterocycles. The third kappa shape index (κ3) is 4.56. The van der Waals surface area contributed by atoms with Crippen LogP contribution >= 0.6 is 0 Å². The number of hydrogen-bond acceptors (Lipinski definition) is 8. The molecule has 0 radical (unpaired) electrons. The van der Waals surface area contributed by atoms with Crippen LogP contribution in [-0.4, -0.2) is 86.0 Å². The summed E-state index contributed by atoms with van der Waals surface area (Å²) in [7, 11) is 0. The lowest BCUT2D eigenvalue weighted by Gasteiger charge is -2.71. The second kappa shape index (κ2) is 11.0. The number of rotatable bonds is 5. The van der Waals surface area contributed by atoms with Crippen molar-refractivity contribution in [2.24, 2.45) is 50.2 Å². The molecule has 10 heteroatoms. The Labute approximate surface area is 272 Å². The number of ether oxygens (including phenoxy) is 2. The molecular formula is C36H56O10. The van der Waals surface area contributed by atoms with E-state index in [0.29, 0.717) is 18.8 Å². The molecule has 3 unspecified atom stereocenters. The lowest BCUT2D eigenvalue weighted by Crippen LogP contribution is -2.67. The van der Waals surface area contributed by atoms with Gasteiger partial charge in [0.1, 0.15) is 18.3 Å². The van der Waals surface area contributed by atoms with Gasteiger partial charge >= 0.3 is 11.9 Å². The van der Waals surface area contributed by atoms with E-state index >= 15 is 0 Å². The Kier molecular flexibility index (Phi) is 8.18. The van der Waals surface area contributed by atoms with Crippen LogP contribution in [-0.2, 0) is 19.1 Å². The highest BCUT2D eigenvalue weighted by atomic mass is 16.7. The van der Waals surface area contributed by atoms with Gasteiger partial charge in [-0.1, -0.05) is 46.3 Å². The molecule has 6 rings (SSSR count). The molecule has 260 valence electrons. The van der Waals surface area contributed by atoms with Crippen LogP contribution in [0.2, 0.25) is 0 Å². The van der Waals surface area contributed by atoms with Crippen molar-refractivity contribution in [3.8, 4) is 0 Å². The van der Waals surface area contributed by atoms with Gasteiger partial charge in [0.05, 0.1) is 18.1 Å². The maximum atomic E-state index is 12.4. The predicted molar refractivity (Wildman–Crippen MR) is 167 cm³/mol. The second-order valence-electron chi connectivity index (χ2n) is 17.6. The van der Waals surface area contributed by atoms with Crippen LogP contribution in [0.15, 0.2) is 11.6 Å². The van der Waals surface area contributed by atoms with E-state index in [-0.39, 0.29) is 40.1 Å². The standard InChI is InChI=1S/C36H56O10/c1-31-13-14-32(2,30(43)44)17-20(31)19-7-8-22-33(3)11-10-23(45-29-26(40)24(38)25(39)27(46-29)28(41)42)34(4,18-37)21(33)9-12-36(22,6)35(19,5)16-15-31/h7,20-27,29,37-40H,8-18H2,1-6H3,(H,41,42)(H,43,44)/t20?,21?,22?,23-,24-,25-,26+,27-,29+,31+,32+,33-,34+,35+,36+/m0/s1. The van der Waals surface area contributed by atoms with Crippen molar-refractivity contribution < 1.29 is 49.7 Å². The minimum Gasteiger partial charge on any atom is -0.481 e. The number of aliphatic hydroxyl groups excluding tert-OH is 4. The van der Waals surface area contributed by atoms with Crippen LogP contribution in [0.1, 0.15) is 106 Å². The van der Waals surface area contributed by atoms with Crippen molar-refractivity contribution in [1.82, 2.24) is 0 Å². The summed E-state index contributed by atoms with van der Waals surface area (Å²) in [6.07, 6.45) is 2.17. The normalized spacial score (nSPS) is 55.2. The fourth-order valence-electron chi connectivity index (χ4n) is 12.1. The van der Waals surface area contributed by atoms with Crippen LogP contribution in [0.25, 0.3) is 0 Å². The molecule has 0 aromatic rings. The fraction of sp³-hybridized carbons (Fsp3) is 0.889. The Balaban J connectivity index is 1.30. The summed E-state index contributed by atoms with van der Waals surface area (Å²) in [6.45, 7) is 13.5. The van der Waals surface area contributed by atoms with Crippen molar-refractivity contribution in [3.05, 3.63) is 11.6 Å². The molecule has 1 aliphatic heterocycles. The topological polar surface area (TPSA) is 174 Å². The zero-order valence-electron chi connectivity index (χ0n) is 28.4. The molecule has 0 aromatic carbocycles. The van der Waals surface area contributed by atoms with E-state index in [1.165, 1.54) is 5.57 Å². The third-order valence-electron chi connectivity index (χ3n) is 15.5. The number of allylic oxidation sites excluding steroid dienone is 2. The Hall–Kier alpha value is -1.56. The Bertz CT molecular complexity index is 1290. The summed E-state index contributed by atoms with van der Waals surface area (Å²) in [5, 5.41) is 62.0. The molecule has 46 heavy (non-hydrogen) atoms. The van der Waals surface area contributed by atoms with E-state index in [1.54, 1.807) is 0 Å². The average molecular weight is 649 g/mol. The highest BCUT2D eigenvalue weighted by Gasteiger charge is 2.69. The first-order valence-electron chi connectivity index (χ1n) is 17.4. The third-order valence-corrected chi connectivity index (χ3v) is 15.5. The van der Waals surface area contributed by atoms with Gasteiger partial charge in [-0.2, -0.15) is 0 Å². The fourth-order valence-corrected chi connectivity index (χ4v) is 12.1. The summed E-state index contributed by atoms with van der Waals surface area (Å²) in [5.74, 6) is -1.48. The van der Waals surface area contributed by atoms with Crippen molar-refractivity contribution in [2.75, 3.05) is 6.61 Å². The number of fused-ring (bicyclic) bond motifs is 7. The number of hydrogen-bond donors (Lipinski definition) is 6. The molecule has 0 bridgehead atoms. The number of carbonyl (C=O) groups is 2. The maximum absolute atomic E-state index is 12.4. The molecule has 1 heterocycles. The Morgan fingerprint density at radius 3 is 2.17 bits per heavy atom. The summed E-state index contributed by atoms with van der Waals surface area (Å²) in [4.78, 5) is 24.1. The highest BCUT2D eigenvalue weighted by molar-refractivity contribution is 5.74. The van der Waals surface area contributed by atoms with Crippen LogP contribution in [0.5, 0.6) is 0 Å². The van der Waals surface area contributed by atoms with E-state index in [0.717, 1.165) is 51.4 Å². The van der Waals surface area contributed by atoms with Gasteiger partial charge < -0.3 is 40.1 Å². The monoisotopic (exact) mass is 648 g/mol. The molecule has 6 aliphatic rings. The van der Waals surface area contributed by atoms with Crippen molar-refractivity contribution >= 4 is 11.9 Å². The number of carboxylic acids is 2. The minimum atomic E-state index is -1.79. The molecule has 0 amide bonds. The maximum Gasteiger partial charge on any atom is 0.335 e. The Morgan fingerprint density at radius 2 is 1.54 bits per heavy atom. The van der Waals surface area contributed by atoms with Gasteiger partial charge in [-0.05, 0) is 111 Å². The smallest absolute Gasteiger partial charge is 0.335 e. The number of carboxylic acid groups (broad SMARTS) is 2. The van der Waals surface area contributed by atoms with Crippen LogP contribution in [0, 0.1) is 50.2 Å². The number of aliphatic hydroxyl groups is 4. The minimum absolute atomic E-state index is 0.0115. The SMILES string of the molecule is C[C@@]1(C(=O)O)CC[C@]2(C)CC[C@]3(C)C(=CCC4[C@@]5(C)CC[C@H](O[C@@H]6O[C@H](C(=O)O)[C@@H](O)[C@H](O)[C@H]6O)[C@](C)(CO)C5CC[C@]43C)C2C1. The summed E-state index contributed by atoms with van der Waals surface area (Å²) >= 11 is 0. The second-order valence-corrected chi connectivity index (χ2v) is 17.6. The van der Waals surface area contributed by atoms with Gasteiger partial charge in [-0.3, -0.25) is 4.79 Å². The summed E-state index contributed by atoms with van der Waals surface area (Å²) in [5.41, 5.74) is -0.0406. The van der Waals surface area contributed by atoms with Crippen LogP contribution in [0.3, 0.4) is 0 Å². The zero-order valence-corrected chi connectivity index (χ0v) is 28.4. The van der Waals surface area contributed by atoms with Crippen molar-refractivity contribution in [1.29, 1.82) is 0 Å². The van der Waals surface area contributed by atoms with Crippen LogP contribution < -0.4 is 0 Å². The molecule has 4 saturated carbocycles. The first kappa shape index (κ1) is 34.3. The van der Waals surface area contributed by atoms with Gasteiger partial charge in [-0.25, -0.2) is 4.79 Å². The van der Waals surface area contributed by atoms with Gasteiger partial charge in [0.2, 0.25) is 0 Å². The van der Waals surface area contributed by atoms with Crippen molar-refractivity contribution in [2.45, 2.75) is 143 Å². The van der Waals surface area contributed by atoms with E-state index < -0.39 is 59.6 Å². The highest BCUT2D eigenvalue weighted by Crippen LogP contribution is 2.75. The summed E-state index contributed by atoms with van der Waals surface area (Å²) in [6, 6.07) is 0. The molecule has 5 aliphatic carbocycles. The number of aliphatic carboxylic acids is 2. The van der Waals surface area contributed by atoms with E-state index in [4.69, 9.17) is 9.47 Å². The molecular weight excluding hydrogens is 592 g/mol. The van der Waals surface area contributed by atoms with Gasteiger partial charge in [-0.15, -0.1) is 0 Å². The largest absolute Gasteiger partial charge is 0.481 e. The predicted octanol–water partition coefficient (Wildman–Crippen LogP) is 4.12. The molecule has 1 saturated heterocycles. The van der Waals surface area contributed by atoms with Crippen LogP contribution in [0.4, 0.5) is 0 Å². The average Bonchev–Trinajstić information content (AvgIpc) is 2.99. The van der Waals surface area contributed by atoms with Crippen molar-refractivity contribution in [3.63, 3.8) is 0 Å². The molecule has 15 atom stereocenters. The van der Waals surface area contributed by atoms with Gasteiger partial charge in [0.15, 0.2) is 12.4 Å². The quantitative estimate of drug-likeness (QED) is 0.188.